The normalized spacial score (nSPS) is 20.2. The number of benzene rings is 3. The van der Waals surface area contributed by atoms with Crippen LogP contribution in [0.4, 0.5) is 0 Å². The molecule has 3 aliphatic heterocycles. The molecule has 1 saturated heterocycles. The van der Waals surface area contributed by atoms with Gasteiger partial charge < -0.3 is 4.74 Å². The minimum Gasteiger partial charge on any atom is -0.448 e. The maximum Gasteiger partial charge on any atom is 0.356 e. The van der Waals surface area contributed by atoms with Gasteiger partial charge in [-0.05, 0) is 41.2 Å². The molecule has 6 rings (SSSR count). The Morgan fingerprint density at radius 1 is 0.850 bits per heavy atom. The van der Waals surface area contributed by atoms with E-state index in [0.29, 0.717) is 22.5 Å². The molecule has 40 heavy (non-hydrogen) atoms. The largest absolute Gasteiger partial charge is 0.448 e. The van der Waals surface area contributed by atoms with Crippen LogP contribution >= 0.6 is 11.8 Å². The molecule has 0 N–H and O–H groups in total. The summed E-state index contributed by atoms with van der Waals surface area (Å²) in [6.07, 6.45) is -0.666. The Hall–Kier alpha value is -4.17. The summed E-state index contributed by atoms with van der Waals surface area (Å²) < 4.78 is 6.08. The second kappa shape index (κ2) is 10.1. The van der Waals surface area contributed by atoms with Crippen LogP contribution in [0.2, 0.25) is 0 Å². The van der Waals surface area contributed by atoms with Gasteiger partial charge in [-0.1, -0.05) is 86.6 Å². The van der Waals surface area contributed by atoms with Crippen molar-refractivity contribution < 1.29 is 23.9 Å². The lowest BCUT2D eigenvalue weighted by Crippen LogP contribution is -2.71. The summed E-state index contributed by atoms with van der Waals surface area (Å²) in [7, 11) is 0. The van der Waals surface area contributed by atoms with E-state index < -0.39 is 41.2 Å². The van der Waals surface area contributed by atoms with Crippen molar-refractivity contribution in [3.8, 4) is 0 Å². The molecule has 2 atom stereocenters. The van der Waals surface area contributed by atoms with Gasteiger partial charge in [0.15, 0.2) is 6.10 Å². The average molecular weight is 553 g/mol. The number of carbonyl (C=O) groups is 4. The highest BCUT2D eigenvalue weighted by atomic mass is 32.2. The Kier molecular flexibility index (Phi) is 6.58. The maximum absolute atomic E-state index is 13.7. The molecule has 0 bridgehead atoms. The number of nitrogens with zero attached hydrogens (tertiary/aromatic N) is 2. The van der Waals surface area contributed by atoms with Crippen LogP contribution < -0.4 is 0 Å². The molecule has 1 unspecified atom stereocenters. The van der Waals surface area contributed by atoms with Gasteiger partial charge in [-0.3, -0.25) is 24.2 Å². The van der Waals surface area contributed by atoms with Crippen molar-refractivity contribution in [1.29, 1.82) is 0 Å². The van der Waals surface area contributed by atoms with Gasteiger partial charge in [-0.15, -0.1) is 11.8 Å². The lowest BCUT2D eigenvalue weighted by atomic mass is 9.94. The summed E-state index contributed by atoms with van der Waals surface area (Å²) in [4.78, 5) is 56.8. The minimum absolute atomic E-state index is 0.0402. The number of amides is 3. The Morgan fingerprint density at radius 3 is 2.08 bits per heavy atom. The molecule has 0 spiro atoms. The number of rotatable bonds is 6. The van der Waals surface area contributed by atoms with Gasteiger partial charge >= 0.3 is 5.97 Å². The smallest absolute Gasteiger partial charge is 0.356 e. The van der Waals surface area contributed by atoms with Crippen molar-refractivity contribution in [2.45, 2.75) is 44.2 Å². The molecule has 8 heteroatoms. The van der Waals surface area contributed by atoms with E-state index in [2.05, 4.69) is 0 Å². The molecule has 3 aliphatic rings. The van der Waals surface area contributed by atoms with Crippen molar-refractivity contribution in [3.63, 3.8) is 0 Å². The predicted molar refractivity (Wildman–Crippen MR) is 151 cm³/mol. The third kappa shape index (κ3) is 4.05. The highest BCUT2D eigenvalue weighted by Crippen LogP contribution is 2.45. The molecule has 3 amide bonds. The lowest BCUT2D eigenvalue weighted by molar-refractivity contribution is -0.155. The highest BCUT2D eigenvalue weighted by Gasteiger charge is 2.60. The molecule has 3 heterocycles. The van der Waals surface area contributed by atoms with E-state index in [-0.39, 0.29) is 11.6 Å². The highest BCUT2D eigenvalue weighted by molar-refractivity contribution is 8.00. The van der Waals surface area contributed by atoms with Crippen LogP contribution in [0.5, 0.6) is 0 Å². The number of carbonyl (C=O) groups excluding carboxylic acids is 4. The quantitative estimate of drug-likeness (QED) is 0.235. The first kappa shape index (κ1) is 26.1. The fourth-order valence-electron chi connectivity index (χ4n) is 5.66. The molecule has 3 aromatic carbocycles. The van der Waals surface area contributed by atoms with Gasteiger partial charge in [-0.25, -0.2) is 4.79 Å². The third-order valence-corrected chi connectivity index (χ3v) is 9.04. The van der Waals surface area contributed by atoms with Crippen LogP contribution in [0.15, 0.2) is 90.1 Å². The van der Waals surface area contributed by atoms with Crippen molar-refractivity contribution in [2.24, 2.45) is 0 Å². The number of hydrogen-bond acceptors (Lipinski definition) is 6. The zero-order valence-corrected chi connectivity index (χ0v) is 23.2. The van der Waals surface area contributed by atoms with Gasteiger partial charge in [0.1, 0.15) is 17.1 Å². The van der Waals surface area contributed by atoms with E-state index >= 15 is 0 Å². The molecule has 0 aromatic heterocycles. The number of fused-ring (bicyclic) bond motifs is 2. The summed E-state index contributed by atoms with van der Waals surface area (Å²) in [5.41, 5.74) is 3.98. The Morgan fingerprint density at radius 2 is 1.48 bits per heavy atom. The first-order valence-corrected chi connectivity index (χ1v) is 14.3. The molecule has 3 aromatic rings. The number of esters is 1. The first-order chi connectivity index (χ1) is 19.3. The van der Waals surface area contributed by atoms with Gasteiger partial charge in [0, 0.05) is 5.75 Å². The van der Waals surface area contributed by atoms with Gasteiger partial charge in [-0.2, -0.15) is 0 Å². The summed E-state index contributed by atoms with van der Waals surface area (Å²) in [6, 6.07) is 23.2. The van der Waals surface area contributed by atoms with E-state index in [4.69, 9.17) is 4.74 Å². The number of β-lactam (4-membered cyclic amide) rings is 1. The second-order valence-electron chi connectivity index (χ2n) is 10.5. The third-order valence-electron chi connectivity index (χ3n) is 7.63. The Labute approximate surface area is 236 Å². The van der Waals surface area contributed by atoms with E-state index in [1.165, 1.54) is 16.7 Å². The predicted octanol–water partition coefficient (Wildman–Crippen LogP) is 5.30. The van der Waals surface area contributed by atoms with Crippen molar-refractivity contribution >= 4 is 35.5 Å². The molecule has 0 aliphatic carbocycles. The summed E-state index contributed by atoms with van der Waals surface area (Å²) in [6.45, 7) is 5.73. The monoisotopic (exact) mass is 552 g/mol. The van der Waals surface area contributed by atoms with Gasteiger partial charge in [0.05, 0.1) is 11.1 Å². The molecule has 202 valence electrons. The zero-order valence-electron chi connectivity index (χ0n) is 22.4. The fraction of sp³-hybridized carbons (Fsp3) is 0.250. The van der Waals surface area contributed by atoms with E-state index in [9.17, 15) is 19.2 Å². The fourth-order valence-corrected chi connectivity index (χ4v) is 6.99. The Bertz CT molecular complexity index is 1530. The second-order valence-corrected chi connectivity index (χ2v) is 11.6. The number of thioether (sulfide) groups is 1. The van der Waals surface area contributed by atoms with Gasteiger partial charge in [0.2, 0.25) is 0 Å². The SMILES string of the molecule is CC1=C(C(=O)OC(c2ccccc2)c2ccccc2)N2C(=O)C(N3C(=O)c4cccc(C(C)C)c4C3=O)[C@@H]2SC1. The summed E-state index contributed by atoms with van der Waals surface area (Å²) >= 11 is 1.44. The van der Waals surface area contributed by atoms with Crippen LogP contribution in [-0.4, -0.2) is 50.7 Å². The van der Waals surface area contributed by atoms with Crippen molar-refractivity contribution in [2.75, 3.05) is 5.75 Å². The molecule has 0 radical (unpaired) electrons. The molecule has 7 nitrogen and oxygen atoms in total. The van der Waals surface area contributed by atoms with E-state index in [1.54, 1.807) is 19.1 Å². The number of hydrogen-bond donors (Lipinski definition) is 0. The molecule has 1 fully saturated rings. The molecular weight excluding hydrogens is 524 g/mol. The van der Waals surface area contributed by atoms with Crippen molar-refractivity contribution in [1.82, 2.24) is 9.80 Å². The first-order valence-electron chi connectivity index (χ1n) is 13.3. The van der Waals surface area contributed by atoms with Crippen molar-refractivity contribution in [3.05, 3.63) is 118 Å². The molecular formula is C32H28N2O5S. The summed E-state index contributed by atoms with van der Waals surface area (Å²) in [5.74, 6) is -1.48. The van der Waals surface area contributed by atoms with Crippen LogP contribution in [0.3, 0.4) is 0 Å². The Balaban J connectivity index is 1.28. The average Bonchev–Trinajstić information content (AvgIpc) is 3.22. The summed E-state index contributed by atoms with van der Waals surface area (Å²) in [5, 5.41) is -0.560. The lowest BCUT2D eigenvalue weighted by Gasteiger charge is -2.51. The standard InChI is InChI=1S/C32H28N2O5S/c1-18(2)22-15-10-16-23-24(22)29(36)33(28(23)35)26-30(37)34-25(19(3)17-40-31(26)34)32(38)39-27(20-11-6-4-7-12-20)21-13-8-5-9-14-21/h4-16,18,26-27,31H,17H2,1-3H3/t26?,31-/m0/s1. The minimum atomic E-state index is -0.979. The van der Waals surface area contributed by atoms with Crippen LogP contribution in [0.25, 0.3) is 0 Å². The van der Waals surface area contributed by atoms with Crippen LogP contribution in [0.1, 0.15) is 70.2 Å². The molecule has 0 saturated carbocycles. The van der Waals surface area contributed by atoms with Gasteiger partial charge in [0.25, 0.3) is 17.7 Å². The van der Waals surface area contributed by atoms with Crippen LogP contribution in [-0.2, 0) is 14.3 Å². The van der Waals surface area contributed by atoms with Crippen LogP contribution in [0, 0.1) is 0 Å². The number of imide groups is 1. The topological polar surface area (TPSA) is 84.0 Å². The van der Waals surface area contributed by atoms with E-state index in [0.717, 1.165) is 21.6 Å². The zero-order chi connectivity index (χ0) is 28.1. The maximum atomic E-state index is 13.7. The number of ether oxygens (including phenoxy) is 1. The van der Waals surface area contributed by atoms with E-state index in [1.807, 2.05) is 80.6 Å².